The molecule has 3 heteroatoms. The summed E-state index contributed by atoms with van der Waals surface area (Å²) in [6, 6.07) is 8.78. The Morgan fingerprint density at radius 1 is 1.06 bits per heavy atom. The minimum Gasteiger partial charge on any atom is -0.380 e. The molecule has 17 heavy (non-hydrogen) atoms. The first-order chi connectivity index (χ1) is 8.43. The van der Waals surface area contributed by atoms with Crippen molar-refractivity contribution in [3.05, 3.63) is 30.5 Å². The van der Waals surface area contributed by atoms with Gasteiger partial charge in [0.05, 0.1) is 17.4 Å². The van der Waals surface area contributed by atoms with Gasteiger partial charge in [-0.05, 0) is 18.9 Å². The van der Waals surface area contributed by atoms with Crippen molar-refractivity contribution in [1.82, 2.24) is 10.2 Å². The smallest absolute Gasteiger partial charge is 0.0950 e. The van der Waals surface area contributed by atoms with E-state index in [1.54, 1.807) is 0 Å². The van der Waals surface area contributed by atoms with E-state index in [0.717, 1.165) is 11.2 Å². The van der Waals surface area contributed by atoms with Gasteiger partial charge in [0.1, 0.15) is 0 Å². The van der Waals surface area contributed by atoms with Crippen molar-refractivity contribution < 1.29 is 0 Å². The molecule has 3 rings (SSSR count). The molecule has 1 aromatic heterocycles. The fraction of sp³-hybridized carbons (Fsp3) is 0.429. The molecular weight excluding hydrogens is 210 g/mol. The van der Waals surface area contributed by atoms with Gasteiger partial charge < -0.3 is 5.32 Å². The Balaban J connectivity index is 1.89. The number of nitrogens with zero attached hydrogens (tertiary/aromatic N) is 2. The van der Waals surface area contributed by atoms with Crippen molar-refractivity contribution in [3.8, 4) is 0 Å². The lowest BCUT2D eigenvalue weighted by Crippen LogP contribution is -2.22. The molecule has 0 amide bonds. The van der Waals surface area contributed by atoms with Crippen LogP contribution in [0.2, 0.25) is 0 Å². The average molecular weight is 227 g/mol. The predicted molar refractivity (Wildman–Crippen MR) is 70.0 cm³/mol. The van der Waals surface area contributed by atoms with Gasteiger partial charge in [-0.3, -0.25) is 0 Å². The highest BCUT2D eigenvalue weighted by Gasteiger charge is 2.14. The molecule has 2 aromatic rings. The van der Waals surface area contributed by atoms with Gasteiger partial charge in [0.25, 0.3) is 0 Å². The highest BCUT2D eigenvalue weighted by Crippen LogP contribution is 2.25. The fourth-order valence-electron chi connectivity index (χ4n) is 2.59. The van der Waals surface area contributed by atoms with Crippen molar-refractivity contribution in [2.24, 2.45) is 0 Å². The highest BCUT2D eigenvalue weighted by atomic mass is 15.1. The summed E-state index contributed by atoms with van der Waals surface area (Å²) < 4.78 is 0. The van der Waals surface area contributed by atoms with E-state index in [4.69, 9.17) is 0 Å². The molecule has 88 valence electrons. The summed E-state index contributed by atoms with van der Waals surface area (Å²) >= 11 is 0. The van der Waals surface area contributed by atoms with Crippen LogP contribution >= 0.6 is 0 Å². The lowest BCUT2D eigenvalue weighted by Gasteiger charge is -2.24. The van der Waals surface area contributed by atoms with Gasteiger partial charge in [0.15, 0.2) is 0 Å². The first-order valence-corrected chi connectivity index (χ1v) is 6.40. The molecule has 1 aliphatic carbocycles. The van der Waals surface area contributed by atoms with E-state index in [-0.39, 0.29) is 0 Å². The Morgan fingerprint density at radius 3 is 2.76 bits per heavy atom. The summed E-state index contributed by atoms with van der Waals surface area (Å²) in [5.41, 5.74) is 2.09. The molecule has 1 aliphatic rings. The maximum Gasteiger partial charge on any atom is 0.0950 e. The van der Waals surface area contributed by atoms with Crippen LogP contribution in [0.5, 0.6) is 0 Å². The van der Waals surface area contributed by atoms with Crippen LogP contribution in [-0.4, -0.2) is 16.2 Å². The van der Waals surface area contributed by atoms with Gasteiger partial charge >= 0.3 is 0 Å². The predicted octanol–water partition coefficient (Wildman–Crippen LogP) is 3.37. The molecule has 1 N–H and O–H groups in total. The molecule has 1 saturated carbocycles. The molecule has 0 unspecified atom stereocenters. The Kier molecular flexibility index (Phi) is 2.90. The van der Waals surface area contributed by atoms with Gasteiger partial charge in [0, 0.05) is 11.4 Å². The summed E-state index contributed by atoms with van der Waals surface area (Å²) in [7, 11) is 0. The highest BCUT2D eigenvalue weighted by molar-refractivity contribution is 5.90. The van der Waals surface area contributed by atoms with Crippen molar-refractivity contribution in [2.45, 2.75) is 38.1 Å². The second-order valence-electron chi connectivity index (χ2n) is 4.75. The molecule has 0 atom stereocenters. The molecule has 0 radical (unpaired) electrons. The molecule has 1 aromatic carbocycles. The number of rotatable bonds is 2. The van der Waals surface area contributed by atoms with Gasteiger partial charge in [0.2, 0.25) is 0 Å². The van der Waals surface area contributed by atoms with Crippen LogP contribution in [0.3, 0.4) is 0 Å². The van der Waals surface area contributed by atoms with Crippen molar-refractivity contribution >= 4 is 16.6 Å². The summed E-state index contributed by atoms with van der Waals surface area (Å²) in [6.45, 7) is 0. The number of nitrogens with one attached hydrogen (secondary N) is 1. The molecule has 0 saturated heterocycles. The zero-order valence-electron chi connectivity index (χ0n) is 9.89. The number of hydrogen-bond acceptors (Lipinski definition) is 3. The van der Waals surface area contributed by atoms with Crippen LogP contribution in [0.4, 0.5) is 5.69 Å². The fourth-order valence-corrected chi connectivity index (χ4v) is 2.59. The summed E-state index contributed by atoms with van der Waals surface area (Å²) in [6.07, 6.45) is 8.46. The van der Waals surface area contributed by atoms with Crippen LogP contribution < -0.4 is 5.32 Å². The Bertz CT molecular complexity index is 498. The van der Waals surface area contributed by atoms with Crippen LogP contribution in [-0.2, 0) is 0 Å². The maximum atomic E-state index is 4.14. The molecule has 0 bridgehead atoms. The number of hydrogen-bond donors (Lipinski definition) is 1. The minimum absolute atomic E-state index is 0.608. The Morgan fingerprint density at radius 2 is 1.88 bits per heavy atom. The van der Waals surface area contributed by atoms with E-state index in [2.05, 4.69) is 27.6 Å². The first-order valence-electron chi connectivity index (χ1n) is 6.40. The SMILES string of the molecule is c1ccc2c(NC3CCCCC3)cnnc2c1. The van der Waals surface area contributed by atoms with Crippen LogP contribution in [0.25, 0.3) is 10.9 Å². The summed E-state index contributed by atoms with van der Waals surface area (Å²) in [5, 5.41) is 13.0. The van der Waals surface area contributed by atoms with Crippen molar-refractivity contribution in [3.63, 3.8) is 0 Å². The molecular formula is C14H17N3. The molecule has 3 nitrogen and oxygen atoms in total. The average Bonchev–Trinajstić information content (AvgIpc) is 2.40. The van der Waals surface area contributed by atoms with E-state index in [0.29, 0.717) is 6.04 Å². The second-order valence-corrected chi connectivity index (χ2v) is 4.75. The zero-order chi connectivity index (χ0) is 11.5. The van der Waals surface area contributed by atoms with E-state index in [1.807, 2.05) is 18.3 Å². The normalized spacial score (nSPS) is 17.2. The van der Waals surface area contributed by atoms with Gasteiger partial charge in [-0.25, -0.2) is 0 Å². The van der Waals surface area contributed by atoms with E-state index in [1.165, 1.54) is 37.5 Å². The van der Waals surface area contributed by atoms with Crippen LogP contribution in [0, 0.1) is 0 Å². The standard InChI is InChI=1S/C14H17N3/c1-2-6-11(7-3-1)16-14-10-15-17-13-9-5-4-8-12(13)14/h4-5,8-11H,1-3,6-7H2,(H,16,17). The van der Waals surface area contributed by atoms with Gasteiger partial charge in [-0.1, -0.05) is 37.5 Å². The monoisotopic (exact) mass is 227 g/mol. The summed E-state index contributed by atoms with van der Waals surface area (Å²) in [5.74, 6) is 0. The number of aromatic nitrogens is 2. The third-order valence-electron chi connectivity index (χ3n) is 3.51. The van der Waals surface area contributed by atoms with Gasteiger partial charge in [-0.2, -0.15) is 10.2 Å². The zero-order valence-corrected chi connectivity index (χ0v) is 9.89. The number of fused-ring (bicyclic) bond motifs is 1. The Labute approximate surface area is 101 Å². The third-order valence-corrected chi connectivity index (χ3v) is 3.51. The van der Waals surface area contributed by atoms with Crippen LogP contribution in [0.1, 0.15) is 32.1 Å². The second kappa shape index (κ2) is 4.70. The van der Waals surface area contributed by atoms with Crippen molar-refractivity contribution in [1.29, 1.82) is 0 Å². The lowest BCUT2D eigenvalue weighted by atomic mass is 9.95. The van der Waals surface area contributed by atoms with E-state index >= 15 is 0 Å². The molecule has 0 spiro atoms. The molecule has 0 aliphatic heterocycles. The lowest BCUT2D eigenvalue weighted by molar-refractivity contribution is 0.463. The molecule has 1 fully saturated rings. The largest absolute Gasteiger partial charge is 0.380 e. The third kappa shape index (κ3) is 2.23. The van der Waals surface area contributed by atoms with Crippen molar-refractivity contribution in [2.75, 3.05) is 5.32 Å². The van der Waals surface area contributed by atoms with Crippen LogP contribution in [0.15, 0.2) is 30.5 Å². The Hall–Kier alpha value is -1.64. The first kappa shape index (κ1) is 10.5. The molecule has 1 heterocycles. The quantitative estimate of drug-likeness (QED) is 0.854. The topological polar surface area (TPSA) is 37.8 Å². The summed E-state index contributed by atoms with van der Waals surface area (Å²) in [4.78, 5) is 0. The number of anilines is 1. The van der Waals surface area contributed by atoms with Gasteiger partial charge in [-0.15, -0.1) is 0 Å². The maximum absolute atomic E-state index is 4.14. The van der Waals surface area contributed by atoms with E-state index < -0.39 is 0 Å². The minimum atomic E-state index is 0.608. The number of benzene rings is 1. The van der Waals surface area contributed by atoms with E-state index in [9.17, 15) is 0 Å².